The predicted molar refractivity (Wildman–Crippen MR) is 118 cm³/mol. The van der Waals surface area contributed by atoms with Gasteiger partial charge in [-0.2, -0.15) is 0 Å². The van der Waals surface area contributed by atoms with Crippen molar-refractivity contribution in [3.05, 3.63) is 87.6 Å². The van der Waals surface area contributed by atoms with Gasteiger partial charge in [-0.15, -0.1) is 11.3 Å². The van der Waals surface area contributed by atoms with E-state index in [1.54, 1.807) is 42.5 Å². The molecule has 0 aliphatic carbocycles. The van der Waals surface area contributed by atoms with Gasteiger partial charge in [0.2, 0.25) is 0 Å². The molecule has 0 radical (unpaired) electrons. The van der Waals surface area contributed by atoms with Crippen molar-refractivity contribution in [2.45, 2.75) is 12.6 Å². The maximum atomic E-state index is 13.1. The van der Waals surface area contributed by atoms with Crippen molar-refractivity contribution >= 4 is 28.8 Å². The topological polar surface area (TPSA) is 76.1 Å². The Balaban J connectivity index is 1.89. The van der Waals surface area contributed by atoms with E-state index in [9.17, 15) is 14.7 Å². The first-order valence-electron chi connectivity index (χ1n) is 9.63. The summed E-state index contributed by atoms with van der Waals surface area (Å²) < 4.78 is 10.7. The lowest BCUT2D eigenvalue weighted by atomic mass is 9.95. The zero-order valence-corrected chi connectivity index (χ0v) is 17.9. The molecule has 1 unspecified atom stereocenters. The Hall–Kier alpha value is -3.58. The van der Waals surface area contributed by atoms with Crippen LogP contribution in [-0.4, -0.2) is 35.9 Å². The van der Waals surface area contributed by atoms with Gasteiger partial charge in [-0.05, 0) is 29.1 Å². The number of hydrogen-bond acceptors (Lipinski definition) is 6. The molecule has 1 amide bonds. The monoisotopic (exact) mass is 435 g/mol. The Morgan fingerprint density at radius 2 is 1.74 bits per heavy atom. The highest BCUT2D eigenvalue weighted by Crippen LogP contribution is 2.42. The minimum absolute atomic E-state index is 0.0555. The molecule has 1 N–H and O–H groups in total. The number of hydrogen-bond donors (Lipinski definition) is 1. The van der Waals surface area contributed by atoms with Crippen LogP contribution < -0.4 is 9.47 Å². The van der Waals surface area contributed by atoms with Gasteiger partial charge in [-0.25, -0.2) is 0 Å². The molecular formula is C24H21NO5S. The lowest BCUT2D eigenvalue weighted by Gasteiger charge is -2.25. The molecule has 0 bridgehead atoms. The maximum Gasteiger partial charge on any atom is 0.295 e. The van der Waals surface area contributed by atoms with Crippen LogP contribution in [0.5, 0.6) is 11.5 Å². The Kier molecular flexibility index (Phi) is 5.77. The number of Topliss-reactive ketones (excluding diaryl/α,β-unsaturated/α-hetero) is 1. The third-order valence-corrected chi connectivity index (χ3v) is 6.08. The summed E-state index contributed by atoms with van der Waals surface area (Å²) >= 11 is 1.50. The molecule has 0 saturated carbocycles. The Morgan fingerprint density at radius 3 is 2.39 bits per heavy atom. The van der Waals surface area contributed by atoms with Crippen LogP contribution in [0.25, 0.3) is 5.76 Å². The van der Waals surface area contributed by atoms with Crippen molar-refractivity contribution in [1.82, 2.24) is 4.90 Å². The number of aliphatic hydroxyl groups excluding tert-OH is 1. The van der Waals surface area contributed by atoms with E-state index in [-0.39, 0.29) is 17.9 Å². The summed E-state index contributed by atoms with van der Waals surface area (Å²) in [7, 11) is 3.06. The smallest absolute Gasteiger partial charge is 0.295 e. The molecule has 0 spiro atoms. The average Bonchev–Trinajstić information content (AvgIpc) is 3.41. The number of amides is 1. The van der Waals surface area contributed by atoms with Crippen LogP contribution in [0.1, 0.15) is 22.0 Å². The largest absolute Gasteiger partial charge is 0.507 e. The number of methoxy groups -OCH3 is 2. The number of likely N-dealkylation sites (tertiary alicyclic amines) is 1. The van der Waals surface area contributed by atoms with Gasteiger partial charge in [0.25, 0.3) is 11.7 Å². The normalized spacial score (nSPS) is 17.7. The molecule has 1 aliphatic heterocycles. The van der Waals surface area contributed by atoms with Gasteiger partial charge in [0.1, 0.15) is 5.76 Å². The van der Waals surface area contributed by atoms with Crippen LogP contribution in [0.4, 0.5) is 0 Å². The van der Waals surface area contributed by atoms with Crippen LogP contribution in [0.2, 0.25) is 0 Å². The van der Waals surface area contributed by atoms with Gasteiger partial charge >= 0.3 is 0 Å². The molecule has 2 heterocycles. The van der Waals surface area contributed by atoms with Crippen LogP contribution >= 0.6 is 11.3 Å². The summed E-state index contributed by atoms with van der Waals surface area (Å²) in [5, 5.41) is 13.0. The van der Waals surface area contributed by atoms with Gasteiger partial charge in [0.05, 0.1) is 32.4 Å². The summed E-state index contributed by atoms with van der Waals surface area (Å²) in [6, 6.07) is 17.0. The highest BCUT2D eigenvalue weighted by atomic mass is 32.1. The molecular weight excluding hydrogens is 414 g/mol. The standard InChI is InChI=1S/C24H21NO5S/c1-29-18-11-10-16(13-19(18)30-2)21-20(22(26)15-7-4-3-5-8-15)23(27)24(28)25(21)14-17-9-6-12-31-17/h3-13,21,26H,14H2,1-2H3/b22-20-. The van der Waals surface area contributed by atoms with Crippen molar-refractivity contribution in [1.29, 1.82) is 0 Å². The second-order valence-electron chi connectivity index (χ2n) is 6.99. The van der Waals surface area contributed by atoms with E-state index in [4.69, 9.17) is 9.47 Å². The van der Waals surface area contributed by atoms with Crippen molar-refractivity contribution in [2.24, 2.45) is 0 Å². The first-order chi connectivity index (χ1) is 15.0. The molecule has 6 nitrogen and oxygen atoms in total. The third kappa shape index (κ3) is 3.80. The fourth-order valence-corrected chi connectivity index (χ4v) is 4.44. The first kappa shape index (κ1) is 20.7. The molecule has 1 atom stereocenters. The molecule has 1 saturated heterocycles. The predicted octanol–water partition coefficient (Wildman–Crippen LogP) is 4.39. The first-order valence-corrected chi connectivity index (χ1v) is 10.5. The number of carbonyl (C=O) groups excluding carboxylic acids is 2. The third-order valence-electron chi connectivity index (χ3n) is 5.22. The van der Waals surface area contributed by atoms with Crippen molar-refractivity contribution in [2.75, 3.05) is 14.2 Å². The molecule has 2 aromatic carbocycles. The number of ketones is 1. The van der Waals surface area contributed by atoms with Gasteiger partial charge in [0, 0.05) is 10.4 Å². The minimum atomic E-state index is -0.762. The number of rotatable bonds is 6. The van der Waals surface area contributed by atoms with E-state index >= 15 is 0 Å². The Bertz CT molecular complexity index is 1140. The lowest BCUT2D eigenvalue weighted by molar-refractivity contribution is -0.140. The fourth-order valence-electron chi connectivity index (χ4n) is 3.73. The summed E-state index contributed by atoms with van der Waals surface area (Å²) in [5.41, 5.74) is 1.17. The summed E-state index contributed by atoms with van der Waals surface area (Å²) in [5.74, 6) is -0.554. The molecule has 3 aromatic rings. The maximum absolute atomic E-state index is 13.1. The number of aliphatic hydroxyl groups is 1. The zero-order chi connectivity index (χ0) is 22.0. The minimum Gasteiger partial charge on any atom is -0.507 e. The van der Waals surface area contributed by atoms with Crippen LogP contribution in [0.15, 0.2) is 71.6 Å². The summed E-state index contributed by atoms with van der Waals surface area (Å²) in [4.78, 5) is 28.5. The van der Waals surface area contributed by atoms with Crippen molar-refractivity contribution in [3.63, 3.8) is 0 Å². The van der Waals surface area contributed by atoms with Gasteiger partial charge in [0.15, 0.2) is 11.5 Å². The number of benzene rings is 2. The SMILES string of the molecule is COc1ccc(C2/C(=C(/O)c3ccccc3)C(=O)C(=O)N2Cc2cccs2)cc1OC. The number of ether oxygens (including phenoxy) is 2. The van der Waals surface area contributed by atoms with E-state index < -0.39 is 17.7 Å². The second-order valence-corrected chi connectivity index (χ2v) is 8.02. The van der Waals surface area contributed by atoms with E-state index in [0.29, 0.717) is 22.6 Å². The average molecular weight is 436 g/mol. The molecule has 1 fully saturated rings. The number of carbonyl (C=O) groups is 2. The zero-order valence-electron chi connectivity index (χ0n) is 17.1. The molecule has 31 heavy (non-hydrogen) atoms. The lowest BCUT2D eigenvalue weighted by Crippen LogP contribution is -2.28. The van der Waals surface area contributed by atoms with Crippen LogP contribution in [-0.2, 0) is 16.1 Å². The fraction of sp³-hybridized carbons (Fsp3) is 0.167. The van der Waals surface area contributed by atoms with E-state index in [1.807, 2.05) is 23.6 Å². The Morgan fingerprint density at radius 1 is 1.00 bits per heavy atom. The van der Waals surface area contributed by atoms with Crippen molar-refractivity contribution < 1.29 is 24.2 Å². The number of nitrogens with zero attached hydrogens (tertiary/aromatic N) is 1. The highest BCUT2D eigenvalue weighted by Gasteiger charge is 2.46. The molecule has 1 aliphatic rings. The van der Waals surface area contributed by atoms with E-state index in [2.05, 4.69) is 0 Å². The van der Waals surface area contributed by atoms with Gasteiger partial charge < -0.3 is 19.5 Å². The Labute approximate surface area is 184 Å². The summed E-state index contributed by atoms with van der Waals surface area (Å²) in [6.07, 6.45) is 0. The second kappa shape index (κ2) is 8.65. The van der Waals surface area contributed by atoms with E-state index in [0.717, 1.165) is 4.88 Å². The van der Waals surface area contributed by atoms with Gasteiger partial charge in [-0.1, -0.05) is 42.5 Å². The quantitative estimate of drug-likeness (QED) is 0.353. The molecule has 7 heteroatoms. The van der Waals surface area contributed by atoms with Crippen LogP contribution in [0.3, 0.4) is 0 Å². The summed E-state index contributed by atoms with van der Waals surface area (Å²) in [6.45, 7) is 0.257. The van der Waals surface area contributed by atoms with Crippen LogP contribution in [0, 0.1) is 0 Å². The van der Waals surface area contributed by atoms with Gasteiger partial charge in [-0.3, -0.25) is 9.59 Å². The molecule has 1 aromatic heterocycles. The number of thiophene rings is 1. The van der Waals surface area contributed by atoms with E-state index in [1.165, 1.54) is 30.5 Å². The van der Waals surface area contributed by atoms with Crippen molar-refractivity contribution in [3.8, 4) is 11.5 Å². The molecule has 4 rings (SSSR count). The molecule has 158 valence electrons. The highest BCUT2D eigenvalue weighted by molar-refractivity contribution is 7.09.